The second kappa shape index (κ2) is 7.47. The number of ketones is 2. The quantitative estimate of drug-likeness (QED) is 0.484. The number of hydrogen-bond donors (Lipinski definition) is 0. The molecule has 0 amide bonds. The van der Waals surface area contributed by atoms with Crippen LogP contribution in [0.2, 0.25) is 0 Å². The maximum atomic E-state index is 11.8. The average molecular weight is 266 g/mol. The number of hydrogen-bond acceptors (Lipinski definition) is 2. The first-order valence-corrected chi connectivity index (χ1v) is 5.44. The van der Waals surface area contributed by atoms with Crippen LogP contribution >= 0.6 is 0 Å². The molecule has 2 aromatic rings. The number of Topliss-reactive ketones (excluding diaryl/α,β-unsaturated/α-hetero) is 2. The molecule has 0 aromatic heterocycles. The van der Waals surface area contributed by atoms with E-state index in [-0.39, 0.29) is 58.6 Å². The van der Waals surface area contributed by atoms with Gasteiger partial charge >= 0.3 is 37.7 Å². The summed E-state index contributed by atoms with van der Waals surface area (Å²) in [5.74, 6) is -0.279. The Balaban J connectivity index is 0. The van der Waals surface area contributed by atoms with Crippen LogP contribution in [0.3, 0.4) is 0 Å². The SMILES string of the molecule is O=C(CC(=O)c1ccccc1)c1ccccc1.[Ca+2].[H-].[H-]. The van der Waals surface area contributed by atoms with Crippen LogP contribution in [-0.2, 0) is 0 Å². The molecular formula is C15H14CaO2. The molecule has 2 rings (SSSR count). The molecule has 0 aliphatic heterocycles. The van der Waals surface area contributed by atoms with Crippen molar-refractivity contribution in [1.29, 1.82) is 0 Å². The maximum absolute atomic E-state index is 11.8. The minimum Gasteiger partial charge on any atom is -1.00 e. The van der Waals surface area contributed by atoms with Crippen molar-refractivity contribution in [3.63, 3.8) is 0 Å². The molecule has 0 saturated carbocycles. The molecule has 0 saturated heterocycles. The van der Waals surface area contributed by atoms with E-state index in [1.54, 1.807) is 48.5 Å². The van der Waals surface area contributed by atoms with E-state index in [9.17, 15) is 9.59 Å². The summed E-state index contributed by atoms with van der Waals surface area (Å²) in [6.45, 7) is 0. The van der Waals surface area contributed by atoms with Gasteiger partial charge < -0.3 is 2.85 Å². The van der Waals surface area contributed by atoms with Gasteiger partial charge in [-0.1, -0.05) is 60.7 Å². The molecule has 18 heavy (non-hydrogen) atoms. The van der Waals surface area contributed by atoms with E-state index in [1.165, 1.54) is 0 Å². The van der Waals surface area contributed by atoms with E-state index in [4.69, 9.17) is 0 Å². The summed E-state index contributed by atoms with van der Waals surface area (Å²) in [4.78, 5) is 23.6. The molecular weight excluding hydrogens is 252 g/mol. The number of carbonyl (C=O) groups excluding carboxylic acids is 2. The molecule has 3 heteroatoms. The minimum atomic E-state index is -0.139. The Bertz CT molecular complexity index is 481. The first-order valence-electron chi connectivity index (χ1n) is 5.44. The van der Waals surface area contributed by atoms with Crippen LogP contribution in [0.25, 0.3) is 0 Å². The number of carbonyl (C=O) groups is 2. The molecule has 0 unspecified atom stereocenters. The van der Waals surface area contributed by atoms with E-state index in [0.29, 0.717) is 11.1 Å². The molecule has 0 heterocycles. The van der Waals surface area contributed by atoms with Crippen LogP contribution in [0.1, 0.15) is 30.0 Å². The largest absolute Gasteiger partial charge is 2.00 e. The molecule has 0 radical (unpaired) electrons. The van der Waals surface area contributed by atoms with Gasteiger partial charge in [0.15, 0.2) is 11.6 Å². The van der Waals surface area contributed by atoms with Gasteiger partial charge in [0.2, 0.25) is 0 Å². The van der Waals surface area contributed by atoms with Gasteiger partial charge in [0, 0.05) is 11.1 Å². The van der Waals surface area contributed by atoms with Crippen LogP contribution in [0.15, 0.2) is 60.7 Å². The van der Waals surface area contributed by atoms with Crippen LogP contribution in [0, 0.1) is 0 Å². The van der Waals surface area contributed by atoms with Crippen molar-refractivity contribution >= 4 is 49.3 Å². The van der Waals surface area contributed by atoms with E-state index in [1.807, 2.05) is 12.1 Å². The summed E-state index contributed by atoms with van der Waals surface area (Å²) in [6.07, 6.45) is -0.0754. The zero-order valence-corrected chi connectivity index (χ0v) is 12.2. The molecule has 0 fully saturated rings. The monoisotopic (exact) mass is 266 g/mol. The van der Waals surface area contributed by atoms with Crippen molar-refractivity contribution in [3.05, 3.63) is 71.8 Å². The maximum Gasteiger partial charge on any atom is 2.00 e. The first kappa shape index (κ1) is 15.1. The molecule has 0 atom stereocenters. The molecule has 0 aliphatic rings. The smallest absolute Gasteiger partial charge is 1.00 e. The molecule has 0 N–H and O–H groups in total. The van der Waals surface area contributed by atoms with Gasteiger partial charge in [-0.25, -0.2) is 0 Å². The fraction of sp³-hybridized carbons (Fsp3) is 0.0667. The topological polar surface area (TPSA) is 34.1 Å². The summed E-state index contributed by atoms with van der Waals surface area (Å²) in [7, 11) is 0. The predicted octanol–water partition coefficient (Wildman–Crippen LogP) is 2.99. The van der Waals surface area contributed by atoms with E-state index in [0.717, 1.165) is 0 Å². The first-order chi connectivity index (χ1) is 8.27. The number of benzene rings is 2. The van der Waals surface area contributed by atoms with Crippen molar-refractivity contribution in [1.82, 2.24) is 0 Å². The molecule has 2 aromatic carbocycles. The molecule has 0 spiro atoms. The van der Waals surface area contributed by atoms with Crippen LogP contribution in [0.4, 0.5) is 0 Å². The van der Waals surface area contributed by atoms with E-state index >= 15 is 0 Å². The van der Waals surface area contributed by atoms with Gasteiger partial charge in [0.25, 0.3) is 0 Å². The summed E-state index contributed by atoms with van der Waals surface area (Å²) < 4.78 is 0. The zero-order valence-electron chi connectivity index (χ0n) is 12.0. The third-order valence-corrected chi connectivity index (χ3v) is 2.51. The summed E-state index contributed by atoms with van der Waals surface area (Å²) in [5, 5.41) is 0. The summed E-state index contributed by atoms with van der Waals surface area (Å²) in [6, 6.07) is 17.7. The van der Waals surface area contributed by atoms with Crippen molar-refractivity contribution in [3.8, 4) is 0 Å². The van der Waals surface area contributed by atoms with Gasteiger partial charge in [0.1, 0.15) is 0 Å². The molecule has 88 valence electrons. The zero-order chi connectivity index (χ0) is 12.1. The minimum absolute atomic E-state index is 0. The van der Waals surface area contributed by atoms with Gasteiger partial charge in [-0.2, -0.15) is 0 Å². The fourth-order valence-corrected chi connectivity index (χ4v) is 1.60. The normalized spacial score (nSPS) is 9.33. The van der Waals surface area contributed by atoms with Gasteiger partial charge in [0.05, 0.1) is 6.42 Å². The van der Waals surface area contributed by atoms with Gasteiger partial charge in [-0.3, -0.25) is 9.59 Å². The second-order valence-electron chi connectivity index (χ2n) is 3.76. The Morgan fingerprint density at radius 1 is 0.722 bits per heavy atom. The van der Waals surface area contributed by atoms with E-state index in [2.05, 4.69) is 0 Å². The Labute approximate surface area is 139 Å². The Kier molecular flexibility index (Phi) is 6.27. The fourth-order valence-electron chi connectivity index (χ4n) is 1.60. The van der Waals surface area contributed by atoms with Crippen molar-refractivity contribution in [2.45, 2.75) is 6.42 Å². The molecule has 0 bridgehead atoms. The van der Waals surface area contributed by atoms with Crippen LogP contribution < -0.4 is 0 Å². The molecule has 0 aliphatic carbocycles. The summed E-state index contributed by atoms with van der Waals surface area (Å²) >= 11 is 0. The third kappa shape index (κ3) is 4.05. The predicted molar refractivity (Wildman–Crippen MR) is 74.1 cm³/mol. The number of rotatable bonds is 4. The average Bonchev–Trinajstić information content (AvgIpc) is 2.40. The van der Waals surface area contributed by atoms with Crippen LogP contribution in [-0.4, -0.2) is 49.3 Å². The Hall–Kier alpha value is -0.960. The third-order valence-electron chi connectivity index (χ3n) is 2.51. The Morgan fingerprint density at radius 3 is 1.39 bits per heavy atom. The van der Waals surface area contributed by atoms with Gasteiger partial charge in [-0.05, 0) is 0 Å². The van der Waals surface area contributed by atoms with Gasteiger partial charge in [-0.15, -0.1) is 0 Å². The van der Waals surface area contributed by atoms with Crippen LogP contribution in [0.5, 0.6) is 0 Å². The van der Waals surface area contributed by atoms with Crippen molar-refractivity contribution in [2.75, 3.05) is 0 Å². The second-order valence-corrected chi connectivity index (χ2v) is 3.76. The van der Waals surface area contributed by atoms with Crippen molar-refractivity contribution in [2.24, 2.45) is 0 Å². The molecule has 2 nitrogen and oxygen atoms in total. The summed E-state index contributed by atoms with van der Waals surface area (Å²) in [5.41, 5.74) is 1.16. The Morgan fingerprint density at radius 2 is 1.06 bits per heavy atom. The standard InChI is InChI=1S/C15H12O2.Ca.2H/c16-14(12-7-3-1-4-8-12)11-15(17)13-9-5-2-6-10-13;;;/h1-10H,11H2;;;/q;+2;2*-1. The van der Waals surface area contributed by atoms with Crippen molar-refractivity contribution < 1.29 is 12.4 Å². The van der Waals surface area contributed by atoms with E-state index < -0.39 is 0 Å².